The van der Waals surface area contributed by atoms with Gasteiger partial charge in [-0.2, -0.15) is 4.98 Å². The predicted molar refractivity (Wildman–Crippen MR) is 110 cm³/mol. The first kappa shape index (κ1) is 18.1. The summed E-state index contributed by atoms with van der Waals surface area (Å²) < 4.78 is 6.37. The van der Waals surface area contributed by atoms with E-state index < -0.39 is 0 Å². The van der Waals surface area contributed by atoms with Crippen molar-refractivity contribution >= 4 is 22.6 Å². The first-order valence-corrected chi connectivity index (χ1v) is 9.25. The Bertz CT molecular complexity index is 1340. The van der Waals surface area contributed by atoms with E-state index in [1.807, 2.05) is 19.2 Å². The van der Waals surface area contributed by atoms with Gasteiger partial charge in [0, 0.05) is 44.8 Å². The minimum Gasteiger partial charge on any atom is -0.383 e. The Morgan fingerprint density at radius 2 is 1.82 bits per heavy atom. The summed E-state index contributed by atoms with van der Waals surface area (Å²) in [6, 6.07) is 6.21. The Morgan fingerprint density at radius 3 is 2.57 bits per heavy atom. The van der Waals surface area contributed by atoms with E-state index in [0.717, 1.165) is 22.5 Å². The van der Waals surface area contributed by atoms with Gasteiger partial charge in [-0.1, -0.05) is 12.1 Å². The van der Waals surface area contributed by atoms with Crippen molar-refractivity contribution in [3.05, 3.63) is 62.1 Å². The number of aromatic nitrogens is 5. The molecular weight excluding hydrogens is 356 g/mol. The molecule has 0 aliphatic heterocycles. The summed E-state index contributed by atoms with van der Waals surface area (Å²) in [4.78, 5) is 29.4. The van der Waals surface area contributed by atoms with Gasteiger partial charge in [-0.15, -0.1) is 0 Å². The van der Waals surface area contributed by atoms with Gasteiger partial charge in [0.05, 0.1) is 0 Å². The minimum atomic E-state index is -0.377. The van der Waals surface area contributed by atoms with Crippen LogP contribution < -0.4 is 16.6 Å². The van der Waals surface area contributed by atoms with Crippen molar-refractivity contribution in [2.24, 2.45) is 14.1 Å². The van der Waals surface area contributed by atoms with Crippen molar-refractivity contribution < 1.29 is 0 Å². The van der Waals surface area contributed by atoms with Crippen molar-refractivity contribution in [1.82, 2.24) is 23.1 Å². The fraction of sp³-hybridized carbons (Fsp3) is 0.350. The van der Waals surface area contributed by atoms with Crippen molar-refractivity contribution in [3.8, 4) is 0 Å². The van der Waals surface area contributed by atoms with E-state index in [0.29, 0.717) is 23.5 Å². The molecule has 4 aromatic rings. The van der Waals surface area contributed by atoms with Crippen LogP contribution in [0.5, 0.6) is 0 Å². The zero-order valence-electron chi connectivity index (χ0n) is 16.8. The van der Waals surface area contributed by atoms with Crippen LogP contribution >= 0.6 is 0 Å². The number of nitrogens with one attached hydrogen (secondary N) is 1. The first-order chi connectivity index (χ1) is 13.3. The molecule has 3 heterocycles. The molecule has 0 aliphatic rings. The lowest BCUT2D eigenvalue weighted by molar-refractivity contribution is 0.706. The maximum atomic E-state index is 12.6. The van der Waals surface area contributed by atoms with Gasteiger partial charge in [-0.05, 0) is 38.0 Å². The fourth-order valence-corrected chi connectivity index (χ4v) is 3.65. The number of hydrogen-bond acceptors (Lipinski definition) is 4. The van der Waals surface area contributed by atoms with E-state index >= 15 is 0 Å². The molecule has 0 saturated heterocycles. The SMILES string of the molecule is Cc1cccc(NCCn2c(C)cn3c4c(=O)n(C)c(=O)n(C)c4nc23)c1C. The summed E-state index contributed by atoms with van der Waals surface area (Å²) in [5, 5.41) is 3.48. The molecule has 28 heavy (non-hydrogen) atoms. The van der Waals surface area contributed by atoms with E-state index in [9.17, 15) is 9.59 Å². The number of rotatable bonds is 4. The Kier molecular flexibility index (Phi) is 4.14. The third-order valence-corrected chi connectivity index (χ3v) is 5.51. The second-order valence-electron chi connectivity index (χ2n) is 7.26. The highest BCUT2D eigenvalue weighted by Crippen LogP contribution is 2.19. The number of nitrogens with zero attached hydrogens (tertiary/aromatic N) is 5. The third kappa shape index (κ3) is 2.56. The predicted octanol–water partition coefficient (Wildman–Crippen LogP) is 1.72. The van der Waals surface area contributed by atoms with Crippen LogP contribution in [0.4, 0.5) is 5.69 Å². The zero-order chi connectivity index (χ0) is 20.2. The first-order valence-electron chi connectivity index (χ1n) is 9.25. The summed E-state index contributed by atoms with van der Waals surface area (Å²) in [5.74, 6) is 0.661. The van der Waals surface area contributed by atoms with Crippen LogP contribution in [0.3, 0.4) is 0 Å². The van der Waals surface area contributed by atoms with E-state index in [1.54, 1.807) is 11.4 Å². The maximum absolute atomic E-state index is 12.6. The molecular formula is C20H24N6O2. The van der Waals surface area contributed by atoms with E-state index in [1.165, 1.54) is 22.7 Å². The van der Waals surface area contributed by atoms with Gasteiger partial charge in [0.2, 0.25) is 5.78 Å². The molecule has 3 aromatic heterocycles. The summed E-state index contributed by atoms with van der Waals surface area (Å²) >= 11 is 0. The van der Waals surface area contributed by atoms with Gasteiger partial charge >= 0.3 is 5.69 Å². The third-order valence-electron chi connectivity index (χ3n) is 5.51. The molecule has 0 spiro atoms. The maximum Gasteiger partial charge on any atom is 0.332 e. The topological polar surface area (TPSA) is 78.3 Å². The summed E-state index contributed by atoms with van der Waals surface area (Å²) in [6.45, 7) is 7.60. The van der Waals surface area contributed by atoms with Crippen LogP contribution in [0.1, 0.15) is 16.8 Å². The number of aryl methyl sites for hydroxylation is 3. The number of hydrogen-bond donors (Lipinski definition) is 1. The molecule has 1 N–H and O–H groups in total. The molecule has 4 rings (SSSR count). The van der Waals surface area contributed by atoms with E-state index in [4.69, 9.17) is 0 Å². The van der Waals surface area contributed by atoms with Crippen LogP contribution in [0, 0.1) is 20.8 Å². The highest BCUT2D eigenvalue weighted by Gasteiger charge is 2.18. The van der Waals surface area contributed by atoms with Gasteiger partial charge in [0.15, 0.2) is 11.2 Å². The second-order valence-corrected chi connectivity index (χ2v) is 7.26. The minimum absolute atomic E-state index is 0.337. The fourth-order valence-electron chi connectivity index (χ4n) is 3.65. The van der Waals surface area contributed by atoms with E-state index in [2.05, 4.69) is 40.8 Å². The van der Waals surface area contributed by atoms with Crippen LogP contribution in [0.25, 0.3) is 16.9 Å². The summed E-state index contributed by atoms with van der Waals surface area (Å²) in [5.41, 5.74) is 4.72. The highest BCUT2D eigenvalue weighted by molar-refractivity contribution is 5.75. The van der Waals surface area contributed by atoms with Crippen LogP contribution in [-0.4, -0.2) is 29.6 Å². The van der Waals surface area contributed by atoms with Crippen molar-refractivity contribution in [1.29, 1.82) is 0 Å². The number of fused-ring (bicyclic) bond motifs is 3. The van der Waals surface area contributed by atoms with Gasteiger partial charge < -0.3 is 9.88 Å². The van der Waals surface area contributed by atoms with Crippen LogP contribution in [-0.2, 0) is 20.6 Å². The van der Waals surface area contributed by atoms with Crippen molar-refractivity contribution in [2.75, 3.05) is 11.9 Å². The molecule has 0 amide bonds. The Labute approximate surface area is 161 Å². The molecule has 0 unspecified atom stereocenters. The quantitative estimate of drug-likeness (QED) is 0.585. The molecule has 1 aromatic carbocycles. The summed E-state index contributed by atoms with van der Waals surface area (Å²) in [6.07, 6.45) is 1.90. The molecule has 146 valence electrons. The van der Waals surface area contributed by atoms with Crippen LogP contribution in [0.2, 0.25) is 0 Å². The molecule has 0 bridgehead atoms. The zero-order valence-corrected chi connectivity index (χ0v) is 16.8. The van der Waals surface area contributed by atoms with Gasteiger partial charge in [0.1, 0.15) is 0 Å². The standard InChI is InChI=1S/C20H24N6O2/c1-12-7-6-8-15(14(12)3)21-9-10-25-13(2)11-26-16-17(22-19(25)26)23(4)20(28)24(5)18(16)27/h6-8,11,21H,9-10H2,1-5H3. The highest BCUT2D eigenvalue weighted by atomic mass is 16.2. The number of anilines is 1. The normalized spacial score (nSPS) is 11.6. The average molecular weight is 380 g/mol. The molecule has 0 atom stereocenters. The smallest absolute Gasteiger partial charge is 0.332 e. The lowest BCUT2D eigenvalue weighted by Gasteiger charge is -2.12. The molecule has 0 radical (unpaired) electrons. The van der Waals surface area contributed by atoms with Crippen LogP contribution in [0.15, 0.2) is 34.0 Å². The van der Waals surface area contributed by atoms with Gasteiger partial charge in [-0.3, -0.25) is 18.3 Å². The summed E-state index contributed by atoms with van der Waals surface area (Å²) in [7, 11) is 3.12. The average Bonchev–Trinajstić information content (AvgIpc) is 3.17. The number of imidazole rings is 2. The molecule has 8 heteroatoms. The molecule has 0 aliphatic carbocycles. The lowest BCUT2D eigenvalue weighted by Crippen LogP contribution is -2.37. The van der Waals surface area contributed by atoms with Gasteiger partial charge in [-0.25, -0.2) is 4.79 Å². The lowest BCUT2D eigenvalue weighted by atomic mass is 10.1. The van der Waals surface area contributed by atoms with E-state index in [-0.39, 0.29) is 11.2 Å². The Balaban J connectivity index is 1.74. The molecule has 0 saturated carbocycles. The number of benzene rings is 1. The molecule has 0 fully saturated rings. The Hall–Kier alpha value is -3.29. The van der Waals surface area contributed by atoms with Crippen molar-refractivity contribution in [3.63, 3.8) is 0 Å². The Morgan fingerprint density at radius 1 is 1.07 bits per heavy atom. The molecule has 8 nitrogen and oxygen atoms in total. The largest absolute Gasteiger partial charge is 0.383 e. The second kappa shape index (κ2) is 6.40. The monoisotopic (exact) mass is 380 g/mol. The van der Waals surface area contributed by atoms with Crippen molar-refractivity contribution in [2.45, 2.75) is 27.3 Å². The van der Waals surface area contributed by atoms with Gasteiger partial charge in [0.25, 0.3) is 5.56 Å².